The maximum atomic E-state index is 12.6. The molecule has 0 spiro atoms. The maximum absolute atomic E-state index is 12.6. The Hall–Kier alpha value is -3.39. The Morgan fingerprint density at radius 2 is 1.72 bits per heavy atom. The van der Waals surface area contributed by atoms with Crippen LogP contribution in [0.1, 0.15) is 22.8 Å². The molecule has 29 heavy (non-hydrogen) atoms. The fourth-order valence-corrected chi connectivity index (χ4v) is 3.64. The van der Waals surface area contributed by atoms with E-state index in [1.54, 1.807) is 36.5 Å². The van der Waals surface area contributed by atoms with Crippen LogP contribution in [-0.4, -0.2) is 25.9 Å². The predicted molar refractivity (Wildman–Crippen MR) is 112 cm³/mol. The lowest BCUT2D eigenvalue weighted by atomic mass is 10.2. The standard InChI is InChI=1S/C21H21N3O4S/c1-3-28-18-8-6-17(7-9-18)24-29(26,27)19-10-4-16(5-11-19)21(25)23-20-14-15(2)12-13-22-20/h4-14,24H,3H2,1-2H3,(H,22,23,25). The lowest BCUT2D eigenvalue weighted by molar-refractivity contribution is 0.102. The van der Waals surface area contributed by atoms with Gasteiger partial charge < -0.3 is 10.1 Å². The second-order valence-electron chi connectivity index (χ2n) is 6.26. The molecule has 1 aromatic heterocycles. The summed E-state index contributed by atoms with van der Waals surface area (Å²) in [5.41, 5.74) is 1.71. The SMILES string of the molecule is CCOc1ccc(NS(=O)(=O)c2ccc(C(=O)Nc3cc(C)ccn3)cc2)cc1. The van der Waals surface area contributed by atoms with E-state index >= 15 is 0 Å². The van der Waals surface area contributed by atoms with Crippen LogP contribution in [0.4, 0.5) is 11.5 Å². The van der Waals surface area contributed by atoms with E-state index in [1.165, 1.54) is 24.3 Å². The summed E-state index contributed by atoms with van der Waals surface area (Å²) >= 11 is 0. The summed E-state index contributed by atoms with van der Waals surface area (Å²) in [5, 5.41) is 2.69. The smallest absolute Gasteiger partial charge is 0.261 e. The van der Waals surface area contributed by atoms with E-state index in [9.17, 15) is 13.2 Å². The lowest BCUT2D eigenvalue weighted by Gasteiger charge is -2.10. The van der Waals surface area contributed by atoms with E-state index in [-0.39, 0.29) is 10.8 Å². The third-order valence-electron chi connectivity index (χ3n) is 4.00. The Labute approximate surface area is 169 Å². The second kappa shape index (κ2) is 8.74. The number of rotatable bonds is 7. The van der Waals surface area contributed by atoms with Crippen molar-refractivity contribution in [1.29, 1.82) is 0 Å². The molecule has 1 amide bonds. The molecule has 7 nitrogen and oxygen atoms in total. The number of benzene rings is 2. The van der Waals surface area contributed by atoms with Crippen molar-refractivity contribution in [2.24, 2.45) is 0 Å². The van der Waals surface area contributed by atoms with E-state index in [0.29, 0.717) is 29.4 Å². The highest BCUT2D eigenvalue weighted by molar-refractivity contribution is 7.92. The zero-order valence-corrected chi connectivity index (χ0v) is 16.9. The van der Waals surface area contributed by atoms with Gasteiger partial charge in [-0.15, -0.1) is 0 Å². The van der Waals surface area contributed by atoms with Crippen LogP contribution in [0.2, 0.25) is 0 Å². The van der Waals surface area contributed by atoms with Crippen LogP contribution in [0.3, 0.4) is 0 Å². The molecular weight excluding hydrogens is 390 g/mol. The van der Waals surface area contributed by atoms with Crippen LogP contribution in [-0.2, 0) is 10.0 Å². The van der Waals surface area contributed by atoms with Gasteiger partial charge in [-0.2, -0.15) is 0 Å². The fourth-order valence-electron chi connectivity index (χ4n) is 2.58. The molecule has 0 aliphatic carbocycles. The van der Waals surface area contributed by atoms with Crippen molar-refractivity contribution < 1.29 is 17.9 Å². The molecule has 2 aromatic carbocycles. The molecule has 0 bridgehead atoms. The van der Waals surface area contributed by atoms with Crippen molar-refractivity contribution in [1.82, 2.24) is 4.98 Å². The van der Waals surface area contributed by atoms with Gasteiger partial charge in [0.15, 0.2) is 0 Å². The van der Waals surface area contributed by atoms with Crippen molar-refractivity contribution in [3.63, 3.8) is 0 Å². The molecule has 0 saturated heterocycles. The zero-order chi connectivity index (χ0) is 20.9. The Morgan fingerprint density at radius 1 is 1.03 bits per heavy atom. The molecule has 0 aliphatic rings. The summed E-state index contributed by atoms with van der Waals surface area (Å²) in [6.45, 7) is 4.30. The molecule has 150 valence electrons. The number of hydrogen-bond acceptors (Lipinski definition) is 5. The van der Waals surface area contributed by atoms with Crippen LogP contribution < -0.4 is 14.8 Å². The van der Waals surface area contributed by atoms with Crippen LogP contribution in [0, 0.1) is 6.92 Å². The summed E-state index contributed by atoms with van der Waals surface area (Å²) in [7, 11) is -3.78. The lowest BCUT2D eigenvalue weighted by Crippen LogP contribution is -2.15. The highest BCUT2D eigenvalue weighted by Crippen LogP contribution is 2.20. The number of anilines is 2. The van der Waals surface area contributed by atoms with Gasteiger partial charge in [0, 0.05) is 17.4 Å². The minimum absolute atomic E-state index is 0.0524. The number of carbonyl (C=O) groups excluding carboxylic acids is 1. The van der Waals surface area contributed by atoms with E-state index in [0.717, 1.165) is 5.56 Å². The van der Waals surface area contributed by atoms with Gasteiger partial charge in [0.25, 0.3) is 15.9 Å². The molecule has 0 radical (unpaired) electrons. The largest absolute Gasteiger partial charge is 0.494 e. The third-order valence-corrected chi connectivity index (χ3v) is 5.40. The van der Waals surface area contributed by atoms with E-state index in [4.69, 9.17) is 4.74 Å². The van der Waals surface area contributed by atoms with Crippen LogP contribution in [0.15, 0.2) is 71.8 Å². The van der Waals surface area contributed by atoms with Crippen LogP contribution >= 0.6 is 0 Å². The number of carbonyl (C=O) groups is 1. The number of ether oxygens (including phenoxy) is 1. The maximum Gasteiger partial charge on any atom is 0.261 e. The van der Waals surface area contributed by atoms with Gasteiger partial charge in [-0.25, -0.2) is 13.4 Å². The number of pyridine rings is 1. The van der Waals surface area contributed by atoms with Gasteiger partial charge in [-0.1, -0.05) is 0 Å². The minimum Gasteiger partial charge on any atom is -0.494 e. The molecule has 2 N–H and O–H groups in total. The molecule has 0 fully saturated rings. The van der Waals surface area contributed by atoms with Gasteiger partial charge in [0.2, 0.25) is 0 Å². The van der Waals surface area contributed by atoms with Gasteiger partial charge in [0.1, 0.15) is 11.6 Å². The molecule has 0 aliphatic heterocycles. The number of aromatic nitrogens is 1. The summed E-state index contributed by atoms with van der Waals surface area (Å²) in [6.07, 6.45) is 1.60. The van der Waals surface area contributed by atoms with Gasteiger partial charge >= 0.3 is 0 Å². The molecule has 0 saturated carbocycles. The first kappa shape index (κ1) is 20.3. The van der Waals surface area contributed by atoms with E-state index in [2.05, 4.69) is 15.0 Å². The number of sulfonamides is 1. The first-order valence-electron chi connectivity index (χ1n) is 8.97. The van der Waals surface area contributed by atoms with E-state index in [1.807, 2.05) is 19.9 Å². The molecule has 3 rings (SSSR count). The number of aryl methyl sites for hydroxylation is 1. The number of amides is 1. The first-order chi connectivity index (χ1) is 13.9. The molecule has 0 unspecified atom stereocenters. The van der Waals surface area contributed by atoms with E-state index < -0.39 is 10.0 Å². The van der Waals surface area contributed by atoms with Crippen molar-refractivity contribution in [2.75, 3.05) is 16.6 Å². The Kier molecular flexibility index (Phi) is 6.13. The van der Waals surface area contributed by atoms with Crippen LogP contribution in [0.5, 0.6) is 5.75 Å². The highest BCUT2D eigenvalue weighted by Gasteiger charge is 2.15. The van der Waals surface area contributed by atoms with Crippen molar-refractivity contribution >= 4 is 27.4 Å². The topological polar surface area (TPSA) is 97.4 Å². The number of hydrogen-bond donors (Lipinski definition) is 2. The molecule has 0 atom stereocenters. The Morgan fingerprint density at radius 3 is 2.34 bits per heavy atom. The van der Waals surface area contributed by atoms with Crippen LogP contribution in [0.25, 0.3) is 0 Å². The van der Waals surface area contributed by atoms with Crippen molar-refractivity contribution in [3.8, 4) is 5.75 Å². The van der Waals surface area contributed by atoms with Crippen molar-refractivity contribution in [2.45, 2.75) is 18.7 Å². The third kappa shape index (κ3) is 5.32. The molecule has 8 heteroatoms. The Balaban J connectivity index is 1.70. The zero-order valence-electron chi connectivity index (χ0n) is 16.0. The van der Waals surface area contributed by atoms with Gasteiger partial charge in [-0.05, 0) is 80.1 Å². The summed E-state index contributed by atoms with van der Waals surface area (Å²) in [6, 6.07) is 15.9. The minimum atomic E-state index is -3.78. The molecule has 3 aromatic rings. The molecule has 1 heterocycles. The predicted octanol–water partition coefficient (Wildman–Crippen LogP) is 3.84. The van der Waals surface area contributed by atoms with Gasteiger partial charge in [-0.3, -0.25) is 9.52 Å². The number of nitrogens with one attached hydrogen (secondary N) is 2. The highest BCUT2D eigenvalue weighted by atomic mass is 32.2. The number of nitrogens with zero attached hydrogens (tertiary/aromatic N) is 1. The summed E-state index contributed by atoms with van der Waals surface area (Å²) in [5.74, 6) is 0.726. The average Bonchev–Trinajstić information content (AvgIpc) is 2.69. The summed E-state index contributed by atoms with van der Waals surface area (Å²) in [4.78, 5) is 16.5. The Bertz CT molecular complexity index is 1100. The fraction of sp³-hybridized carbons (Fsp3) is 0.143. The average molecular weight is 411 g/mol. The first-order valence-corrected chi connectivity index (χ1v) is 10.5. The van der Waals surface area contributed by atoms with Gasteiger partial charge in [0.05, 0.1) is 11.5 Å². The monoisotopic (exact) mass is 411 g/mol. The normalized spacial score (nSPS) is 11.0. The van der Waals surface area contributed by atoms with Crippen molar-refractivity contribution in [3.05, 3.63) is 78.0 Å². The second-order valence-corrected chi connectivity index (χ2v) is 7.94. The quantitative estimate of drug-likeness (QED) is 0.616. The molecular formula is C21H21N3O4S. The summed E-state index contributed by atoms with van der Waals surface area (Å²) < 4.78 is 33.0.